The molecule has 1 aromatic heterocycles. The molecule has 6 heteroatoms. The highest BCUT2D eigenvalue weighted by Gasteiger charge is 2.25. The number of rotatable bonds is 7. The third kappa shape index (κ3) is 4.81. The summed E-state index contributed by atoms with van der Waals surface area (Å²) in [6.07, 6.45) is 0. The lowest BCUT2D eigenvalue weighted by Gasteiger charge is -2.16. The van der Waals surface area contributed by atoms with Gasteiger partial charge in [0.05, 0.1) is 6.54 Å². The minimum Gasteiger partial charge on any atom is -0.489 e. The molecule has 0 aliphatic heterocycles. The van der Waals surface area contributed by atoms with Crippen molar-refractivity contribution in [1.82, 2.24) is 4.90 Å². The molecule has 0 fully saturated rings. The molecule has 1 heterocycles. The van der Waals surface area contributed by atoms with Crippen LogP contribution in [0.3, 0.4) is 0 Å². The lowest BCUT2D eigenvalue weighted by Crippen LogP contribution is -2.35. The van der Waals surface area contributed by atoms with E-state index in [1.54, 1.807) is 7.05 Å². The monoisotopic (exact) mass is 428 g/mol. The van der Waals surface area contributed by atoms with Gasteiger partial charge in [0.1, 0.15) is 17.9 Å². The first-order valence-electron chi connectivity index (χ1n) is 10.3. The van der Waals surface area contributed by atoms with Gasteiger partial charge in [-0.3, -0.25) is 9.59 Å². The molecule has 162 valence electrons. The van der Waals surface area contributed by atoms with Gasteiger partial charge in [-0.05, 0) is 37.3 Å². The summed E-state index contributed by atoms with van der Waals surface area (Å²) in [6.45, 7) is 2.04. The third-order valence-electron chi connectivity index (χ3n) is 5.08. The first-order valence-corrected chi connectivity index (χ1v) is 10.3. The van der Waals surface area contributed by atoms with E-state index in [2.05, 4.69) is 5.32 Å². The molecule has 2 amide bonds. The van der Waals surface area contributed by atoms with Crippen molar-refractivity contribution in [3.63, 3.8) is 0 Å². The van der Waals surface area contributed by atoms with Gasteiger partial charge in [0.15, 0.2) is 5.76 Å². The van der Waals surface area contributed by atoms with Crippen LogP contribution in [0, 0.1) is 6.92 Å². The number of furan rings is 1. The second-order valence-electron chi connectivity index (χ2n) is 7.58. The number of para-hydroxylation sites is 2. The van der Waals surface area contributed by atoms with E-state index < -0.39 is 0 Å². The predicted octanol–water partition coefficient (Wildman–Crippen LogP) is 5.03. The molecule has 0 saturated carbocycles. The molecule has 0 aliphatic rings. The maximum atomic E-state index is 13.2. The number of hydrogen-bond donors (Lipinski definition) is 1. The fraction of sp³-hybridized carbons (Fsp3) is 0.154. The van der Waals surface area contributed by atoms with Crippen molar-refractivity contribution in [3.8, 4) is 5.75 Å². The summed E-state index contributed by atoms with van der Waals surface area (Å²) in [5.74, 6) is 0.199. The normalized spacial score (nSPS) is 10.7. The summed E-state index contributed by atoms with van der Waals surface area (Å²) in [6, 6.07) is 24.3. The molecule has 0 atom stereocenters. The van der Waals surface area contributed by atoms with Gasteiger partial charge < -0.3 is 19.4 Å². The van der Waals surface area contributed by atoms with E-state index in [1.165, 1.54) is 4.90 Å². The molecule has 4 aromatic rings. The van der Waals surface area contributed by atoms with Crippen LogP contribution in [-0.4, -0.2) is 30.3 Å². The van der Waals surface area contributed by atoms with E-state index in [9.17, 15) is 9.59 Å². The van der Waals surface area contributed by atoms with Crippen LogP contribution in [-0.2, 0) is 11.4 Å². The standard InChI is InChI=1S/C26H24N2O4/c1-18-12-14-19(15-13-18)27-24(29)16-28(2)26(30)25-22(17-31-20-8-4-3-5-9-20)21-10-6-7-11-23(21)32-25/h3-15H,16-17H2,1-2H3,(H,27,29). The molecule has 1 N–H and O–H groups in total. The zero-order valence-corrected chi connectivity index (χ0v) is 18.0. The van der Waals surface area contributed by atoms with Gasteiger partial charge >= 0.3 is 0 Å². The molecule has 6 nitrogen and oxygen atoms in total. The summed E-state index contributed by atoms with van der Waals surface area (Å²) < 4.78 is 11.8. The van der Waals surface area contributed by atoms with Gasteiger partial charge in [-0.15, -0.1) is 0 Å². The van der Waals surface area contributed by atoms with E-state index in [0.717, 1.165) is 10.9 Å². The van der Waals surface area contributed by atoms with E-state index in [4.69, 9.17) is 9.15 Å². The molecular formula is C26H24N2O4. The zero-order valence-electron chi connectivity index (χ0n) is 18.0. The van der Waals surface area contributed by atoms with Crippen LogP contribution >= 0.6 is 0 Å². The van der Waals surface area contributed by atoms with Crippen molar-refractivity contribution in [2.45, 2.75) is 13.5 Å². The van der Waals surface area contributed by atoms with Crippen LogP contribution in [0.1, 0.15) is 21.7 Å². The average molecular weight is 428 g/mol. The second-order valence-corrected chi connectivity index (χ2v) is 7.58. The van der Waals surface area contributed by atoms with Gasteiger partial charge in [-0.1, -0.05) is 54.1 Å². The molecule has 0 spiro atoms. The average Bonchev–Trinajstić information content (AvgIpc) is 3.18. The first kappa shape index (κ1) is 21.2. The Morgan fingerprint density at radius 2 is 1.62 bits per heavy atom. The van der Waals surface area contributed by atoms with Crippen LogP contribution in [0.5, 0.6) is 5.75 Å². The van der Waals surface area contributed by atoms with E-state index >= 15 is 0 Å². The predicted molar refractivity (Wildman–Crippen MR) is 124 cm³/mol. The minimum atomic E-state index is -0.382. The van der Waals surface area contributed by atoms with Crippen molar-refractivity contribution >= 4 is 28.5 Å². The van der Waals surface area contributed by atoms with Crippen LogP contribution in [0.2, 0.25) is 0 Å². The number of hydrogen-bond acceptors (Lipinski definition) is 4. The number of likely N-dealkylation sites (N-methyl/N-ethyl adjacent to an activating group) is 1. The van der Waals surface area contributed by atoms with Crippen LogP contribution in [0.15, 0.2) is 83.3 Å². The molecule has 0 aliphatic carbocycles. The highest BCUT2D eigenvalue weighted by Crippen LogP contribution is 2.28. The summed E-state index contributed by atoms with van der Waals surface area (Å²) in [5.41, 5.74) is 3.04. The Morgan fingerprint density at radius 1 is 0.938 bits per heavy atom. The van der Waals surface area contributed by atoms with E-state index in [-0.39, 0.29) is 30.7 Å². The Hall–Kier alpha value is -4.06. The van der Waals surface area contributed by atoms with Crippen LogP contribution in [0.4, 0.5) is 5.69 Å². The van der Waals surface area contributed by atoms with Gasteiger partial charge in [0.2, 0.25) is 5.91 Å². The molecule has 3 aromatic carbocycles. The van der Waals surface area contributed by atoms with Gasteiger partial charge in [0.25, 0.3) is 5.91 Å². The summed E-state index contributed by atoms with van der Waals surface area (Å²) >= 11 is 0. The quantitative estimate of drug-likeness (QED) is 0.448. The SMILES string of the molecule is Cc1ccc(NC(=O)CN(C)C(=O)c2oc3ccccc3c2COc2ccccc2)cc1. The van der Waals surface area contributed by atoms with E-state index in [1.807, 2.05) is 85.8 Å². The number of fused-ring (bicyclic) bond motifs is 1. The molecular weight excluding hydrogens is 404 g/mol. The molecule has 32 heavy (non-hydrogen) atoms. The van der Waals surface area contributed by atoms with Crippen molar-refractivity contribution in [3.05, 3.63) is 95.7 Å². The number of ether oxygens (including phenoxy) is 1. The number of nitrogens with zero attached hydrogens (tertiary/aromatic N) is 1. The van der Waals surface area contributed by atoms with Gasteiger partial charge in [-0.2, -0.15) is 0 Å². The van der Waals surface area contributed by atoms with Gasteiger partial charge in [-0.25, -0.2) is 0 Å². The van der Waals surface area contributed by atoms with Gasteiger partial charge in [0, 0.05) is 23.7 Å². The number of amides is 2. The van der Waals surface area contributed by atoms with Crippen molar-refractivity contribution in [2.75, 3.05) is 18.9 Å². The topological polar surface area (TPSA) is 71.8 Å². The molecule has 0 radical (unpaired) electrons. The first-order chi connectivity index (χ1) is 15.5. The Balaban J connectivity index is 1.51. The number of nitrogens with one attached hydrogen (secondary N) is 1. The minimum absolute atomic E-state index is 0.108. The molecule has 0 bridgehead atoms. The lowest BCUT2D eigenvalue weighted by atomic mass is 10.1. The Bertz CT molecular complexity index is 1230. The third-order valence-corrected chi connectivity index (χ3v) is 5.08. The number of carbonyl (C=O) groups is 2. The van der Waals surface area contributed by atoms with E-state index in [0.29, 0.717) is 22.6 Å². The number of benzene rings is 3. The zero-order chi connectivity index (χ0) is 22.5. The second kappa shape index (κ2) is 9.39. The van der Waals surface area contributed by atoms with Crippen LogP contribution < -0.4 is 10.1 Å². The number of aryl methyl sites for hydroxylation is 1. The fourth-order valence-electron chi connectivity index (χ4n) is 3.39. The number of anilines is 1. The highest BCUT2D eigenvalue weighted by atomic mass is 16.5. The Kier molecular flexibility index (Phi) is 6.22. The summed E-state index contributed by atoms with van der Waals surface area (Å²) in [7, 11) is 1.58. The van der Waals surface area contributed by atoms with Crippen LogP contribution in [0.25, 0.3) is 11.0 Å². The largest absolute Gasteiger partial charge is 0.489 e. The number of carbonyl (C=O) groups excluding carboxylic acids is 2. The molecule has 4 rings (SSSR count). The summed E-state index contributed by atoms with van der Waals surface area (Å²) in [4.78, 5) is 27.0. The van der Waals surface area contributed by atoms with Crippen molar-refractivity contribution in [1.29, 1.82) is 0 Å². The molecule has 0 unspecified atom stereocenters. The summed E-state index contributed by atoms with van der Waals surface area (Å²) in [5, 5.41) is 3.62. The maximum absolute atomic E-state index is 13.2. The fourth-order valence-corrected chi connectivity index (χ4v) is 3.39. The highest BCUT2D eigenvalue weighted by molar-refractivity contribution is 6.01. The van der Waals surface area contributed by atoms with Crippen molar-refractivity contribution in [2.24, 2.45) is 0 Å². The molecule has 0 saturated heterocycles. The Morgan fingerprint density at radius 3 is 2.38 bits per heavy atom. The van der Waals surface area contributed by atoms with Crippen molar-refractivity contribution < 1.29 is 18.7 Å². The smallest absolute Gasteiger partial charge is 0.290 e. The maximum Gasteiger partial charge on any atom is 0.290 e. The Labute approximate surface area is 186 Å². The lowest BCUT2D eigenvalue weighted by molar-refractivity contribution is -0.116.